The molecule has 3 fully saturated rings. The zero-order valence-electron chi connectivity index (χ0n) is 25.6. The molecule has 0 bridgehead atoms. The summed E-state index contributed by atoms with van der Waals surface area (Å²) in [4.78, 5) is 13.1. The summed E-state index contributed by atoms with van der Waals surface area (Å²) in [6.07, 6.45) is 38.8. The lowest BCUT2D eigenvalue weighted by atomic mass is 9.87. The van der Waals surface area contributed by atoms with Crippen molar-refractivity contribution < 1.29 is 9.90 Å². The average Bonchev–Trinajstić information content (AvgIpc) is 2.94. The second-order valence-electron chi connectivity index (χ2n) is 12.9. The Balaban J connectivity index is 2.05. The average molecular weight is 537 g/mol. The van der Waals surface area contributed by atoms with E-state index in [0.29, 0.717) is 5.57 Å². The number of carbonyl (C=O) groups is 1. The van der Waals surface area contributed by atoms with Crippen LogP contribution in [0.5, 0.6) is 0 Å². The van der Waals surface area contributed by atoms with Gasteiger partial charge < -0.3 is 5.11 Å². The topological polar surface area (TPSA) is 37.3 Å². The van der Waals surface area contributed by atoms with Crippen molar-refractivity contribution in [2.24, 2.45) is 0 Å². The van der Waals surface area contributed by atoms with E-state index >= 15 is 0 Å². The second kappa shape index (κ2) is 19.5. The van der Waals surface area contributed by atoms with Gasteiger partial charge in [-0.25, -0.2) is 4.79 Å². The molecule has 0 aromatic carbocycles. The Labute approximate surface area is 241 Å². The van der Waals surface area contributed by atoms with Crippen LogP contribution in [0.15, 0.2) is 45.6 Å². The van der Waals surface area contributed by atoms with Gasteiger partial charge in [-0.1, -0.05) is 125 Å². The summed E-state index contributed by atoms with van der Waals surface area (Å²) in [6.45, 7) is 2.14. The van der Waals surface area contributed by atoms with Crippen LogP contribution >= 0.6 is 0 Å². The van der Waals surface area contributed by atoms with E-state index in [1.165, 1.54) is 152 Å². The monoisotopic (exact) mass is 536 g/mol. The maximum atomic E-state index is 13.1. The van der Waals surface area contributed by atoms with Crippen LogP contribution in [0.25, 0.3) is 0 Å². The smallest absolute Gasteiger partial charge is 0.336 e. The fourth-order valence-electron chi connectivity index (χ4n) is 7.08. The first kappa shape index (κ1) is 32.0. The van der Waals surface area contributed by atoms with E-state index in [0.717, 1.165) is 49.7 Å². The Morgan fingerprint density at radius 2 is 0.769 bits per heavy atom. The van der Waals surface area contributed by atoms with Gasteiger partial charge in [0.1, 0.15) is 0 Å². The summed E-state index contributed by atoms with van der Waals surface area (Å²) in [5.74, 6) is -0.722. The summed E-state index contributed by atoms with van der Waals surface area (Å²) in [6, 6.07) is 0. The van der Waals surface area contributed by atoms with Gasteiger partial charge in [-0.15, -0.1) is 0 Å². The zero-order valence-corrected chi connectivity index (χ0v) is 25.6. The third kappa shape index (κ3) is 12.6. The van der Waals surface area contributed by atoms with Gasteiger partial charge in [-0.05, 0) is 95.1 Å². The molecule has 3 aliphatic rings. The van der Waals surface area contributed by atoms with Crippen LogP contribution in [0.3, 0.4) is 0 Å². The van der Waals surface area contributed by atoms with Gasteiger partial charge in [0.25, 0.3) is 0 Å². The van der Waals surface area contributed by atoms with E-state index in [1.807, 2.05) is 0 Å². The normalized spacial score (nSPS) is 21.8. The standard InChI is InChI=1S/C37H60O2/c1-31(34-27-21-15-9-4-10-16-22-28-34)36(37(38)39)35(29-32-23-17-11-5-2-6-12-18-24-32)30-33-25-19-13-7-3-8-14-20-26-33/h29-30H,2-28H2,1H3,(H,38,39). The Hall–Kier alpha value is -1.57. The molecule has 3 saturated carbocycles. The number of hydrogen-bond acceptors (Lipinski definition) is 1. The lowest BCUT2D eigenvalue weighted by molar-refractivity contribution is -0.132. The lowest BCUT2D eigenvalue weighted by Gasteiger charge is -2.19. The van der Waals surface area contributed by atoms with E-state index in [1.54, 1.807) is 0 Å². The molecule has 3 aliphatic carbocycles. The maximum absolute atomic E-state index is 13.1. The van der Waals surface area contributed by atoms with Crippen LogP contribution in [0, 0.1) is 0 Å². The number of allylic oxidation sites excluding steroid dienone is 6. The van der Waals surface area contributed by atoms with Gasteiger partial charge in [0.15, 0.2) is 0 Å². The number of rotatable bonds is 4. The van der Waals surface area contributed by atoms with Crippen molar-refractivity contribution in [3.63, 3.8) is 0 Å². The first-order valence-corrected chi connectivity index (χ1v) is 17.2. The SMILES string of the molecule is CC(=C1CCCCCCCCC1)C(C(=O)O)=C(C=C1CCCCCCCCC1)C=C1CCCCCCCCC1. The highest BCUT2D eigenvalue weighted by atomic mass is 16.4. The quantitative estimate of drug-likeness (QED) is 0.363. The number of hydrogen-bond donors (Lipinski definition) is 1. The fourth-order valence-corrected chi connectivity index (χ4v) is 7.08. The fraction of sp³-hybridized carbons (Fsp3) is 0.757. The molecule has 3 rings (SSSR count). The number of carboxylic acid groups (broad SMARTS) is 1. The van der Waals surface area contributed by atoms with Crippen molar-refractivity contribution in [2.75, 3.05) is 0 Å². The van der Waals surface area contributed by atoms with E-state index in [4.69, 9.17) is 0 Å². The minimum absolute atomic E-state index is 0.608. The van der Waals surface area contributed by atoms with Gasteiger partial charge in [-0.2, -0.15) is 0 Å². The zero-order chi connectivity index (χ0) is 27.5. The minimum atomic E-state index is -0.722. The van der Waals surface area contributed by atoms with Crippen LogP contribution < -0.4 is 0 Å². The molecule has 0 aliphatic heterocycles. The molecule has 0 saturated heterocycles. The van der Waals surface area contributed by atoms with E-state index < -0.39 is 5.97 Å². The van der Waals surface area contributed by atoms with Crippen molar-refractivity contribution in [1.82, 2.24) is 0 Å². The van der Waals surface area contributed by atoms with Gasteiger partial charge in [-0.3, -0.25) is 0 Å². The molecule has 0 amide bonds. The Morgan fingerprint density at radius 1 is 0.487 bits per heavy atom. The van der Waals surface area contributed by atoms with E-state index in [9.17, 15) is 9.90 Å². The molecular formula is C37H60O2. The molecule has 2 heteroatoms. The third-order valence-corrected chi connectivity index (χ3v) is 9.58. The summed E-state index contributed by atoms with van der Waals surface area (Å²) in [5, 5.41) is 10.7. The molecule has 0 heterocycles. The van der Waals surface area contributed by atoms with Crippen LogP contribution in [0.1, 0.15) is 180 Å². The van der Waals surface area contributed by atoms with Crippen molar-refractivity contribution in [3.05, 3.63) is 45.6 Å². The van der Waals surface area contributed by atoms with Crippen LogP contribution in [0.4, 0.5) is 0 Å². The molecule has 0 spiro atoms. The highest BCUT2D eigenvalue weighted by Crippen LogP contribution is 2.32. The maximum Gasteiger partial charge on any atom is 0.336 e. The van der Waals surface area contributed by atoms with E-state index in [2.05, 4.69) is 19.1 Å². The van der Waals surface area contributed by atoms with Gasteiger partial charge in [0.05, 0.1) is 5.57 Å². The van der Waals surface area contributed by atoms with Crippen LogP contribution in [0.2, 0.25) is 0 Å². The molecule has 0 atom stereocenters. The molecule has 220 valence electrons. The van der Waals surface area contributed by atoms with Gasteiger partial charge in [0.2, 0.25) is 0 Å². The van der Waals surface area contributed by atoms with Gasteiger partial charge >= 0.3 is 5.97 Å². The summed E-state index contributed by atoms with van der Waals surface area (Å²) < 4.78 is 0. The lowest BCUT2D eigenvalue weighted by Crippen LogP contribution is -2.09. The van der Waals surface area contributed by atoms with Crippen molar-refractivity contribution in [2.45, 2.75) is 180 Å². The predicted octanol–water partition coefficient (Wildman–Crippen LogP) is 12.1. The van der Waals surface area contributed by atoms with Gasteiger partial charge in [0, 0.05) is 0 Å². The minimum Gasteiger partial charge on any atom is -0.478 e. The Kier molecular flexibility index (Phi) is 16.0. The largest absolute Gasteiger partial charge is 0.478 e. The van der Waals surface area contributed by atoms with Crippen molar-refractivity contribution in [3.8, 4) is 0 Å². The molecule has 0 aromatic rings. The molecule has 0 unspecified atom stereocenters. The summed E-state index contributed by atoms with van der Waals surface area (Å²) in [5.41, 5.74) is 7.10. The summed E-state index contributed by atoms with van der Waals surface area (Å²) in [7, 11) is 0. The Bertz CT molecular complexity index is 779. The van der Waals surface area contributed by atoms with Crippen LogP contribution in [-0.2, 0) is 4.79 Å². The molecule has 0 aromatic heterocycles. The number of aliphatic carboxylic acids is 1. The molecule has 0 radical (unpaired) electrons. The number of carboxylic acids is 1. The van der Waals surface area contributed by atoms with E-state index in [-0.39, 0.29) is 0 Å². The highest BCUT2D eigenvalue weighted by molar-refractivity contribution is 5.94. The molecule has 39 heavy (non-hydrogen) atoms. The highest BCUT2D eigenvalue weighted by Gasteiger charge is 2.19. The predicted molar refractivity (Wildman–Crippen MR) is 168 cm³/mol. The van der Waals surface area contributed by atoms with Crippen LogP contribution in [-0.4, -0.2) is 11.1 Å². The Morgan fingerprint density at radius 3 is 1.08 bits per heavy atom. The molecular weight excluding hydrogens is 476 g/mol. The van der Waals surface area contributed by atoms with Crippen molar-refractivity contribution >= 4 is 5.97 Å². The van der Waals surface area contributed by atoms with Crippen molar-refractivity contribution in [1.29, 1.82) is 0 Å². The first-order valence-electron chi connectivity index (χ1n) is 17.2. The third-order valence-electron chi connectivity index (χ3n) is 9.58. The molecule has 1 N–H and O–H groups in total. The first-order chi connectivity index (χ1) is 19.1. The molecule has 2 nitrogen and oxygen atoms in total. The summed E-state index contributed by atoms with van der Waals surface area (Å²) >= 11 is 0. The second-order valence-corrected chi connectivity index (χ2v) is 12.9.